The average molecular weight is 460 g/mol. The minimum atomic E-state index is -0.289. The zero-order valence-electron chi connectivity index (χ0n) is 16.2. The van der Waals surface area contributed by atoms with Crippen LogP contribution in [-0.2, 0) is 11.2 Å². The SMILES string of the molecule is Cc1c(C(=O)N2CCOCC2)oc2c1/C(=N/NC(=O)c1ccccc1Br)CCC2. The molecule has 0 unspecified atom stereocenters. The van der Waals surface area contributed by atoms with Crippen LogP contribution in [0.15, 0.2) is 38.3 Å². The lowest BCUT2D eigenvalue weighted by atomic mass is 9.93. The third-order valence-corrected chi connectivity index (χ3v) is 5.92. The maximum absolute atomic E-state index is 12.9. The Kier molecular flexibility index (Phi) is 5.82. The Bertz CT molecular complexity index is 976. The first-order valence-electron chi connectivity index (χ1n) is 9.67. The van der Waals surface area contributed by atoms with Crippen molar-refractivity contribution in [1.82, 2.24) is 10.3 Å². The summed E-state index contributed by atoms with van der Waals surface area (Å²) in [6, 6.07) is 7.19. The number of benzene rings is 1. The summed E-state index contributed by atoms with van der Waals surface area (Å²) in [7, 11) is 0. The highest BCUT2D eigenvalue weighted by Crippen LogP contribution is 2.30. The fourth-order valence-electron chi connectivity index (χ4n) is 3.72. The topological polar surface area (TPSA) is 84.1 Å². The number of nitrogens with one attached hydrogen (secondary N) is 1. The third-order valence-electron chi connectivity index (χ3n) is 5.23. The number of ether oxygens (including phenoxy) is 1. The maximum atomic E-state index is 12.9. The Hall–Kier alpha value is -2.45. The molecule has 0 saturated carbocycles. The van der Waals surface area contributed by atoms with E-state index in [2.05, 4.69) is 26.5 Å². The fraction of sp³-hybridized carbons (Fsp3) is 0.381. The quantitative estimate of drug-likeness (QED) is 0.713. The minimum Gasteiger partial charge on any atom is -0.455 e. The number of furan rings is 1. The van der Waals surface area contributed by atoms with Crippen LogP contribution in [0.3, 0.4) is 0 Å². The summed E-state index contributed by atoms with van der Waals surface area (Å²) < 4.78 is 12.0. The van der Waals surface area contributed by atoms with Crippen molar-refractivity contribution in [2.75, 3.05) is 26.3 Å². The summed E-state index contributed by atoms with van der Waals surface area (Å²) in [5, 5.41) is 4.38. The van der Waals surface area contributed by atoms with Crippen molar-refractivity contribution in [3.8, 4) is 0 Å². The van der Waals surface area contributed by atoms with Crippen molar-refractivity contribution in [2.24, 2.45) is 5.10 Å². The highest BCUT2D eigenvalue weighted by atomic mass is 79.9. The first-order valence-corrected chi connectivity index (χ1v) is 10.5. The molecule has 1 aliphatic heterocycles. The van der Waals surface area contributed by atoms with Gasteiger partial charge in [0.2, 0.25) is 0 Å². The van der Waals surface area contributed by atoms with Crippen LogP contribution in [0, 0.1) is 6.92 Å². The molecule has 7 nitrogen and oxygen atoms in total. The normalized spacial score (nSPS) is 17.9. The van der Waals surface area contributed by atoms with Gasteiger partial charge in [-0.05, 0) is 47.8 Å². The van der Waals surface area contributed by atoms with Gasteiger partial charge in [0.15, 0.2) is 5.76 Å². The van der Waals surface area contributed by atoms with Gasteiger partial charge < -0.3 is 14.1 Å². The van der Waals surface area contributed by atoms with Crippen molar-refractivity contribution in [2.45, 2.75) is 26.2 Å². The molecule has 0 bridgehead atoms. The number of aryl methyl sites for hydroxylation is 1. The van der Waals surface area contributed by atoms with E-state index in [0.717, 1.165) is 41.9 Å². The van der Waals surface area contributed by atoms with Crippen LogP contribution < -0.4 is 5.43 Å². The minimum absolute atomic E-state index is 0.114. The highest BCUT2D eigenvalue weighted by Gasteiger charge is 2.30. The summed E-state index contributed by atoms with van der Waals surface area (Å²) in [5.74, 6) is 0.725. The van der Waals surface area contributed by atoms with E-state index < -0.39 is 0 Å². The zero-order valence-corrected chi connectivity index (χ0v) is 17.8. The molecule has 1 aromatic heterocycles. The lowest BCUT2D eigenvalue weighted by Crippen LogP contribution is -2.40. The van der Waals surface area contributed by atoms with Gasteiger partial charge in [0.1, 0.15) is 5.76 Å². The molecule has 0 radical (unpaired) electrons. The molecule has 1 aliphatic carbocycles. The largest absolute Gasteiger partial charge is 0.455 e. The summed E-state index contributed by atoms with van der Waals surface area (Å²) >= 11 is 3.38. The molecule has 2 aliphatic rings. The van der Waals surface area contributed by atoms with Crippen LogP contribution >= 0.6 is 15.9 Å². The van der Waals surface area contributed by atoms with E-state index >= 15 is 0 Å². The number of hydrogen-bond donors (Lipinski definition) is 1. The lowest BCUT2D eigenvalue weighted by Gasteiger charge is -2.26. The molecule has 1 saturated heterocycles. The Morgan fingerprint density at radius 2 is 1.93 bits per heavy atom. The van der Waals surface area contributed by atoms with Gasteiger partial charge in [-0.25, -0.2) is 5.43 Å². The van der Waals surface area contributed by atoms with Crippen molar-refractivity contribution in [3.63, 3.8) is 0 Å². The molecule has 2 amide bonds. The predicted molar refractivity (Wildman–Crippen MR) is 111 cm³/mol. The summed E-state index contributed by atoms with van der Waals surface area (Å²) in [6.45, 7) is 4.09. The molecule has 2 heterocycles. The van der Waals surface area contributed by atoms with Crippen molar-refractivity contribution < 1.29 is 18.7 Å². The second kappa shape index (κ2) is 8.51. The van der Waals surface area contributed by atoms with Crippen molar-refractivity contribution in [1.29, 1.82) is 0 Å². The molecule has 2 aromatic rings. The number of nitrogens with zero attached hydrogens (tertiary/aromatic N) is 2. The second-order valence-corrected chi connectivity index (χ2v) is 7.95. The van der Waals surface area contributed by atoms with E-state index in [1.807, 2.05) is 19.1 Å². The van der Waals surface area contributed by atoms with Crippen LogP contribution in [0.5, 0.6) is 0 Å². The van der Waals surface area contributed by atoms with E-state index in [0.29, 0.717) is 42.1 Å². The fourth-order valence-corrected chi connectivity index (χ4v) is 4.18. The standard InChI is InChI=1S/C21H22BrN3O4/c1-13-18-16(23-24-20(26)14-5-2-3-6-15(14)22)7-4-8-17(18)29-19(13)21(27)25-9-11-28-12-10-25/h2-3,5-6H,4,7-12H2,1H3,(H,24,26)/b23-16+. The Balaban J connectivity index is 1.58. The molecule has 1 N–H and O–H groups in total. The summed E-state index contributed by atoms with van der Waals surface area (Å²) in [5.41, 5.74) is 5.53. The number of carbonyl (C=O) groups is 2. The molecule has 152 valence electrons. The Morgan fingerprint density at radius 3 is 2.69 bits per heavy atom. The van der Waals surface area contributed by atoms with E-state index in [1.165, 1.54) is 0 Å². The third kappa shape index (κ3) is 4.00. The van der Waals surface area contributed by atoms with Gasteiger partial charge in [0.05, 0.1) is 24.5 Å². The highest BCUT2D eigenvalue weighted by molar-refractivity contribution is 9.10. The first kappa shape index (κ1) is 19.8. The molecule has 29 heavy (non-hydrogen) atoms. The smallest absolute Gasteiger partial charge is 0.290 e. The monoisotopic (exact) mass is 459 g/mol. The number of hydrazone groups is 1. The van der Waals surface area contributed by atoms with Crippen LogP contribution in [-0.4, -0.2) is 48.7 Å². The number of hydrogen-bond acceptors (Lipinski definition) is 5. The van der Waals surface area contributed by atoms with E-state index in [9.17, 15) is 9.59 Å². The number of morpholine rings is 1. The van der Waals surface area contributed by atoms with Crippen LogP contribution in [0.4, 0.5) is 0 Å². The molecule has 1 fully saturated rings. The summed E-state index contributed by atoms with van der Waals surface area (Å²) in [4.78, 5) is 27.1. The zero-order chi connectivity index (χ0) is 20.4. The Labute approximate surface area is 177 Å². The molecule has 0 spiro atoms. The van der Waals surface area contributed by atoms with Crippen LogP contribution in [0.1, 0.15) is 50.6 Å². The molecule has 8 heteroatoms. The Morgan fingerprint density at radius 1 is 1.17 bits per heavy atom. The first-order chi connectivity index (χ1) is 14.1. The van der Waals surface area contributed by atoms with Gasteiger partial charge >= 0.3 is 0 Å². The second-order valence-electron chi connectivity index (χ2n) is 7.09. The molecule has 4 rings (SSSR count). The van der Waals surface area contributed by atoms with Gasteiger partial charge in [-0.15, -0.1) is 0 Å². The van der Waals surface area contributed by atoms with E-state index in [-0.39, 0.29) is 11.8 Å². The van der Waals surface area contributed by atoms with Gasteiger partial charge in [-0.3, -0.25) is 9.59 Å². The number of carbonyl (C=O) groups excluding carboxylic acids is 2. The van der Waals surface area contributed by atoms with Gasteiger partial charge in [0, 0.05) is 35.1 Å². The maximum Gasteiger partial charge on any atom is 0.290 e. The van der Waals surface area contributed by atoms with Crippen molar-refractivity contribution in [3.05, 3.63) is 56.9 Å². The molecule has 1 aromatic carbocycles. The van der Waals surface area contributed by atoms with E-state index in [4.69, 9.17) is 9.15 Å². The summed E-state index contributed by atoms with van der Waals surface area (Å²) in [6.07, 6.45) is 2.33. The van der Waals surface area contributed by atoms with Crippen LogP contribution in [0.25, 0.3) is 0 Å². The lowest BCUT2D eigenvalue weighted by molar-refractivity contribution is 0.0281. The molecule has 0 atom stereocenters. The van der Waals surface area contributed by atoms with E-state index in [1.54, 1.807) is 17.0 Å². The number of amides is 2. The predicted octanol–water partition coefficient (Wildman–Crippen LogP) is 3.29. The number of fused-ring (bicyclic) bond motifs is 1. The number of rotatable bonds is 3. The average Bonchev–Trinajstić information content (AvgIpc) is 3.09. The molecular weight excluding hydrogens is 438 g/mol. The molecular formula is C21H22BrN3O4. The van der Waals surface area contributed by atoms with Gasteiger partial charge in [-0.2, -0.15) is 5.10 Å². The van der Waals surface area contributed by atoms with Gasteiger partial charge in [0.25, 0.3) is 11.8 Å². The van der Waals surface area contributed by atoms with Gasteiger partial charge in [-0.1, -0.05) is 12.1 Å². The van der Waals surface area contributed by atoms with Crippen LogP contribution in [0.2, 0.25) is 0 Å². The van der Waals surface area contributed by atoms with Crippen molar-refractivity contribution >= 4 is 33.5 Å². The number of halogens is 1.